The highest BCUT2D eigenvalue weighted by molar-refractivity contribution is 7.07. The van der Waals surface area contributed by atoms with Gasteiger partial charge in [0, 0.05) is 29.3 Å². The molecule has 1 atom stereocenters. The number of non-ortho nitro benzene ring substituents is 1. The van der Waals surface area contributed by atoms with Crippen molar-refractivity contribution >= 4 is 34.8 Å². The number of carbonyl (C=O) groups excluding carboxylic acids is 1. The molecule has 10 nitrogen and oxygen atoms in total. The molecule has 1 unspecified atom stereocenters. The number of ether oxygens (including phenoxy) is 2. The Kier molecular flexibility index (Phi) is 8.01. The fourth-order valence-corrected chi connectivity index (χ4v) is 6.24. The summed E-state index contributed by atoms with van der Waals surface area (Å²) in [5.74, 6) is 0.799. The summed E-state index contributed by atoms with van der Waals surface area (Å²) < 4.78 is 18.9. The van der Waals surface area contributed by atoms with E-state index in [1.165, 1.54) is 28.0 Å². The summed E-state index contributed by atoms with van der Waals surface area (Å²) >= 11 is 1.17. The third-order valence-electron chi connectivity index (χ3n) is 7.38. The van der Waals surface area contributed by atoms with Crippen molar-refractivity contribution in [2.75, 3.05) is 13.7 Å². The number of aromatic nitrogens is 1. The monoisotopic (exact) mass is 621 g/mol. The minimum atomic E-state index is -0.854. The number of hydrogen-bond acceptors (Lipinski definition) is 9. The maximum Gasteiger partial charge on any atom is 0.338 e. The molecule has 0 amide bonds. The van der Waals surface area contributed by atoms with E-state index in [9.17, 15) is 19.7 Å². The Hall–Kier alpha value is -5.55. The summed E-state index contributed by atoms with van der Waals surface area (Å²) in [6.07, 6.45) is 1.61. The third kappa shape index (κ3) is 5.61. The number of nitro benzene ring substituents is 1. The minimum Gasteiger partial charge on any atom is -0.497 e. The number of rotatable bonds is 8. The number of methoxy groups -OCH3 is 1. The van der Waals surface area contributed by atoms with Crippen LogP contribution in [0.3, 0.4) is 0 Å². The second kappa shape index (κ2) is 12.2. The standard InChI is InChI=1S/C34H27N3O7S/c1-4-43-33(39)29-30(21-9-6-5-7-10-21)35-34-36(31(29)22-11-8-12-24(17-22)42-3)32(38)28(45-34)19-25-15-16-27(44-25)26-18-23(37(40)41)14-13-20(26)2/h5-19,31H,4H2,1-3H3/b28-19-. The largest absolute Gasteiger partial charge is 0.497 e. The van der Waals surface area contributed by atoms with Crippen LogP contribution >= 0.6 is 11.3 Å². The highest BCUT2D eigenvalue weighted by atomic mass is 32.1. The number of benzene rings is 3. The number of thiazole rings is 1. The number of hydrogen-bond donors (Lipinski definition) is 0. The molecule has 0 saturated heterocycles. The second-order valence-electron chi connectivity index (χ2n) is 10.2. The smallest absolute Gasteiger partial charge is 0.338 e. The average molecular weight is 622 g/mol. The lowest BCUT2D eigenvalue weighted by Crippen LogP contribution is -2.40. The van der Waals surface area contributed by atoms with E-state index in [2.05, 4.69) is 0 Å². The zero-order chi connectivity index (χ0) is 31.7. The van der Waals surface area contributed by atoms with E-state index in [0.29, 0.717) is 49.0 Å². The fourth-order valence-electron chi connectivity index (χ4n) is 5.26. The molecule has 226 valence electrons. The first-order valence-corrected chi connectivity index (χ1v) is 14.9. The first-order valence-electron chi connectivity index (χ1n) is 14.1. The quantitative estimate of drug-likeness (QED) is 0.129. The predicted octanol–water partition coefficient (Wildman–Crippen LogP) is 5.42. The van der Waals surface area contributed by atoms with Crippen molar-refractivity contribution in [3.05, 3.63) is 143 Å². The van der Waals surface area contributed by atoms with Gasteiger partial charge in [-0.1, -0.05) is 59.9 Å². The molecule has 3 aromatic carbocycles. The zero-order valence-corrected chi connectivity index (χ0v) is 25.4. The van der Waals surface area contributed by atoms with E-state index in [1.807, 2.05) is 43.3 Å². The predicted molar refractivity (Wildman–Crippen MR) is 170 cm³/mol. The van der Waals surface area contributed by atoms with Crippen LogP contribution in [0, 0.1) is 17.0 Å². The Morgan fingerprint density at radius 2 is 1.89 bits per heavy atom. The summed E-state index contributed by atoms with van der Waals surface area (Å²) in [7, 11) is 1.55. The van der Waals surface area contributed by atoms with Gasteiger partial charge in [-0.25, -0.2) is 9.79 Å². The summed E-state index contributed by atoms with van der Waals surface area (Å²) in [6.45, 7) is 3.71. The number of fused-ring (bicyclic) bond motifs is 1. The van der Waals surface area contributed by atoms with Crippen LogP contribution in [0.15, 0.2) is 105 Å². The van der Waals surface area contributed by atoms with Crippen LogP contribution in [0.4, 0.5) is 5.69 Å². The topological polar surface area (TPSA) is 126 Å². The fraction of sp³-hybridized carbons (Fsp3) is 0.147. The summed E-state index contributed by atoms with van der Waals surface area (Å²) in [5, 5.41) is 11.3. The summed E-state index contributed by atoms with van der Waals surface area (Å²) in [4.78, 5) is 43.9. The Labute approximate surface area is 261 Å². The van der Waals surface area contributed by atoms with Crippen molar-refractivity contribution in [2.45, 2.75) is 19.9 Å². The van der Waals surface area contributed by atoms with Gasteiger partial charge in [-0.3, -0.25) is 19.5 Å². The van der Waals surface area contributed by atoms with Gasteiger partial charge in [-0.2, -0.15) is 0 Å². The van der Waals surface area contributed by atoms with Crippen LogP contribution in [0.1, 0.15) is 35.4 Å². The molecule has 0 saturated carbocycles. The lowest BCUT2D eigenvalue weighted by Gasteiger charge is -2.26. The van der Waals surface area contributed by atoms with Gasteiger partial charge in [0.1, 0.15) is 17.3 Å². The lowest BCUT2D eigenvalue weighted by atomic mass is 9.93. The van der Waals surface area contributed by atoms with Gasteiger partial charge in [0.2, 0.25) is 0 Å². The molecule has 6 rings (SSSR count). The number of nitro groups is 1. The average Bonchev–Trinajstić information content (AvgIpc) is 3.64. The first-order chi connectivity index (χ1) is 21.8. The van der Waals surface area contributed by atoms with E-state index >= 15 is 0 Å². The van der Waals surface area contributed by atoms with Crippen molar-refractivity contribution < 1.29 is 23.6 Å². The Morgan fingerprint density at radius 3 is 2.62 bits per heavy atom. The maximum atomic E-state index is 14.1. The van der Waals surface area contributed by atoms with Crippen molar-refractivity contribution in [1.29, 1.82) is 0 Å². The number of nitrogens with zero attached hydrogens (tertiary/aromatic N) is 3. The van der Waals surface area contributed by atoms with Gasteiger partial charge in [-0.15, -0.1) is 0 Å². The van der Waals surface area contributed by atoms with Gasteiger partial charge in [0.25, 0.3) is 11.2 Å². The minimum absolute atomic E-state index is 0.0500. The third-order valence-corrected chi connectivity index (χ3v) is 8.36. The number of carbonyl (C=O) groups is 1. The molecule has 2 aromatic heterocycles. The van der Waals surface area contributed by atoms with E-state index in [-0.39, 0.29) is 23.4 Å². The molecule has 45 heavy (non-hydrogen) atoms. The molecule has 0 bridgehead atoms. The van der Waals surface area contributed by atoms with Crippen LogP contribution < -0.4 is 19.6 Å². The van der Waals surface area contributed by atoms with Crippen molar-refractivity contribution in [3.8, 4) is 17.1 Å². The molecule has 5 aromatic rings. The Morgan fingerprint density at radius 1 is 1.09 bits per heavy atom. The molecule has 0 radical (unpaired) electrons. The van der Waals surface area contributed by atoms with Crippen LogP contribution in [0.5, 0.6) is 5.75 Å². The van der Waals surface area contributed by atoms with Crippen LogP contribution in [-0.2, 0) is 9.53 Å². The summed E-state index contributed by atoms with van der Waals surface area (Å²) in [5.41, 5.74) is 2.96. The van der Waals surface area contributed by atoms with Gasteiger partial charge >= 0.3 is 5.97 Å². The second-order valence-corrected chi connectivity index (χ2v) is 11.2. The Bertz CT molecular complexity index is 2160. The molecule has 1 aliphatic rings. The van der Waals surface area contributed by atoms with Crippen LogP contribution in [-0.4, -0.2) is 29.2 Å². The number of aryl methyl sites for hydroxylation is 1. The SMILES string of the molecule is CCOC(=O)C1=C(c2ccccc2)N=c2s/c(=C\c3ccc(-c4cc([N+](=O)[O-])ccc4C)o3)c(=O)n2C1c1cccc(OC)c1. The molecular formula is C34H27N3O7S. The van der Waals surface area contributed by atoms with E-state index in [1.54, 1.807) is 56.5 Å². The number of esters is 1. The van der Waals surface area contributed by atoms with Crippen molar-refractivity contribution in [2.24, 2.45) is 4.99 Å². The molecule has 3 heterocycles. The molecule has 0 fully saturated rings. The highest BCUT2D eigenvalue weighted by Crippen LogP contribution is 2.36. The molecular weight excluding hydrogens is 594 g/mol. The van der Waals surface area contributed by atoms with Gasteiger partial charge < -0.3 is 13.9 Å². The number of furan rings is 1. The van der Waals surface area contributed by atoms with E-state index in [0.717, 1.165) is 5.56 Å². The van der Waals surface area contributed by atoms with Crippen LogP contribution in [0.25, 0.3) is 23.1 Å². The first kappa shape index (κ1) is 29.5. The maximum absolute atomic E-state index is 14.1. The molecule has 0 spiro atoms. The molecule has 11 heteroatoms. The van der Waals surface area contributed by atoms with Gasteiger partial charge in [-0.05, 0) is 49.2 Å². The van der Waals surface area contributed by atoms with Crippen LogP contribution in [0.2, 0.25) is 0 Å². The van der Waals surface area contributed by atoms with Crippen molar-refractivity contribution in [1.82, 2.24) is 4.57 Å². The Balaban J connectivity index is 1.55. The normalized spacial score (nSPS) is 14.6. The molecule has 0 N–H and O–H groups in total. The molecule has 0 aliphatic carbocycles. The van der Waals surface area contributed by atoms with E-state index < -0.39 is 16.9 Å². The van der Waals surface area contributed by atoms with Gasteiger partial charge in [0.15, 0.2) is 4.80 Å². The summed E-state index contributed by atoms with van der Waals surface area (Å²) in [6, 6.07) is 23.6. The zero-order valence-electron chi connectivity index (χ0n) is 24.6. The molecule has 1 aliphatic heterocycles. The highest BCUT2D eigenvalue weighted by Gasteiger charge is 2.35. The lowest BCUT2D eigenvalue weighted by molar-refractivity contribution is -0.384. The van der Waals surface area contributed by atoms with Crippen molar-refractivity contribution in [3.63, 3.8) is 0 Å². The van der Waals surface area contributed by atoms with E-state index in [4.69, 9.17) is 18.9 Å². The van der Waals surface area contributed by atoms with Gasteiger partial charge in [0.05, 0.1) is 40.5 Å².